The number of benzene rings is 2. The van der Waals surface area contributed by atoms with Crippen LogP contribution in [0, 0.1) is 10.1 Å². The van der Waals surface area contributed by atoms with Crippen molar-refractivity contribution in [2.75, 3.05) is 5.32 Å². The summed E-state index contributed by atoms with van der Waals surface area (Å²) in [4.78, 5) is 33.5. The van der Waals surface area contributed by atoms with Crippen molar-refractivity contribution in [3.63, 3.8) is 0 Å². The first kappa shape index (κ1) is 13.7. The summed E-state index contributed by atoms with van der Waals surface area (Å²) in [5.41, 5.74) is -0.180. The van der Waals surface area contributed by atoms with Crippen LogP contribution in [-0.2, 0) is 9.59 Å². The van der Waals surface area contributed by atoms with E-state index in [1.54, 1.807) is 37.3 Å². The van der Waals surface area contributed by atoms with E-state index in [9.17, 15) is 19.7 Å². The van der Waals surface area contributed by atoms with E-state index in [2.05, 4.69) is 5.32 Å². The minimum atomic E-state index is -0.842. The zero-order chi connectivity index (χ0) is 14.7. The number of hydrogen-bond donors (Lipinski definition) is 1. The minimum absolute atomic E-state index is 0.0282. The summed E-state index contributed by atoms with van der Waals surface area (Å²) in [5.74, 6) is -1.46. The zero-order valence-electron chi connectivity index (χ0n) is 10.8. The van der Waals surface area contributed by atoms with Gasteiger partial charge < -0.3 is 5.32 Å². The molecule has 0 bridgehead atoms. The topological polar surface area (TPSA) is 89.3 Å². The van der Waals surface area contributed by atoms with Gasteiger partial charge in [-0.05, 0) is 17.5 Å². The van der Waals surface area contributed by atoms with Gasteiger partial charge in [-0.2, -0.15) is 0 Å². The van der Waals surface area contributed by atoms with E-state index in [4.69, 9.17) is 0 Å². The van der Waals surface area contributed by atoms with Gasteiger partial charge in [-0.1, -0.05) is 31.2 Å². The second kappa shape index (κ2) is 5.48. The van der Waals surface area contributed by atoms with Gasteiger partial charge in [0.2, 0.25) is 5.78 Å². The number of nitrogens with one attached hydrogen (secondary N) is 1. The van der Waals surface area contributed by atoms with Crippen molar-refractivity contribution in [2.45, 2.75) is 13.3 Å². The summed E-state index contributed by atoms with van der Waals surface area (Å²) in [7, 11) is 0. The average Bonchev–Trinajstić information content (AvgIpc) is 2.45. The number of nitro groups is 1. The quantitative estimate of drug-likeness (QED) is 0.526. The van der Waals surface area contributed by atoms with Gasteiger partial charge in [0, 0.05) is 6.42 Å². The van der Waals surface area contributed by atoms with Crippen LogP contribution in [0.1, 0.15) is 13.3 Å². The average molecular weight is 272 g/mol. The van der Waals surface area contributed by atoms with Crippen LogP contribution in [0.4, 0.5) is 11.4 Å². The Bertz CT molecular complexity index is 709. The number of anilines is 1. The van der Waals surface area contributed by atoms with Crippen molar-refractivity contribution in [1.82, 2.24) is 0 Å². The molecule has 20 heavy (non-hydrogen) atoms. The van der Waals surface area contributed by atoms with E-state index in [-0.39, 0.29) is 17.8 Å². The largest absolute Gasteiger partial charge is 0.314 e. The number of fused-ring (bicyclic) bond motifs is 1. The molecule has 0 saturated heterocycles. The molecule has 2 rings (SSSR count). The third-order valence-corrected chi connectivity index (χ3v) is 2.91. The molecule has 102 valence electrons. The molecule has 0 heterocycles. The number of ketones is 1. The smallest absolute Gasteiger partial charge is 0.300 e. The lowest BCUT2D eigenvalue weighted by Gasteiger charge is -2.07. The second-order valence-electron chi connectivity index (χ2n) is 4.17. The van der Waals surface area contributed by atoms with Crippen LogP contribution >= 0.6 is 0 Å². The fourth-order valence-electron chi connectivity index (χ4n) is 1.91. The Hall–Kier alpha value is -2.76. The Morgan fingerprint density at radius 3 is 2.55 bits per heavy atom. The summed E-state index contributed by atoms with van der Waals surface area (Å²) in [6.45, 7) is 1.55. The molecule has 0 spiro atoms. The van der Waals surface area contributed by atoms with Crippen molar-refractivity contribution in [1.29, 1.82) is 0 Å². The third-order valence-electron chi connectivity index (χ3n) is 2.91. The van der Waals surface area contributed by atoms with Gasteiger partial charge in [0.1, 0.15) is 5.69 Å². The molecule has 0 aliphatic rings. The Labute approximate surface area is 114 Å². The highest BCUT2D eigenvalue weighted by molar-refractivity contribution is 6.40. The molecule has 1 amide bonds. The molecule has 0 aliphatic heterocycles. The van der Waals surface area contributed by atoms with E-state index in [1.807, 2.05) is 0 Å². The van der Waals surface area contributed by atoms with Crippen LogP contribution in [0.25, 0.3) is 10.8 Å². The maximum atomic E-state index is 11.6. The maximum Gasteiger partial charge on any atom is 0.300 e. The predicted octanol–water partition coefficient (Wildman–Crippen LogP) is 2.67. The number of rotatable bonds is 4. The molecule has 6 nitrogen and oxygen atoms in total. The molecule has 0 atom stereocenters. The molecule has 0 saturated carbocycles. The van der Waals surface area contributed by atoms with Crippen molar-refractivity contribution >= 4 is 33.8 Å². The number of carbonyl (C=O) groups is 2. The number of nitro benzene ring substituents is 1. The summed E-state index contributed by atoms with van der Waals surface area (Å²) >= 11 is 0. The molecule has 0 unspecified atom stereocenters. The van der Waals surface area contributed by atoms with E-state index < -0.39 is 16.6 Å². The Kier molecular flexibility index (Phi) is 3.74. The number of amides is 1. The molecule has 2 aromatic rings. The molecule has 0 aliphatic carbocycles. The molecular weight excluding hydrogens is 260 g/mol. The summed E-state index contributed by atoms with van der Waals surface area (Å²) in [6.07, 6.45) is 0.0488. The fraction of sp³-hybridized carbons (Fsp3) is 0.143. The summed E-state index contributed by atoms with van der Waals surface area (Å²) in [6, 6.07) is 9.88. The highest BCUT2D eigenvalue weighted by atomic mass is 16.6. The SMILES string of the molecule is CCC(=O)C(=O)Nc1ccc2ccccc2c1[N+](=O)[O-]. The van der Waals surface area contributed by atoms with Crippen molar-refractivity contribution in [3.8, 4) is 0 Å². The summed E-state index contributed by atoms with van der Waals surface area (Å²) < 4.78 is 0. The molecule has 6 heteroatoms. The van der Waals surface area contributed by atoms with Crippen LogP contribution in [0.2, 0.25) is 0 Å². The Morgan fingerprint density at radius 2 is 1.90 bits per heavy atom. The fourth-order valence-corrected chi connectivity index (χ4v) is 1.91. The Morgan fingerprint density at radius 1 is 1.20 bits per heavy atom. The number of Topliss-reactive ketones (excluding diaryl/α,β-unsaturated/α-hetero) is 1. The van der Waals surface area contributed by atoms with Crippen LogP contribution in [0.5, 0.6) is 0 Å². The van der Waals surface area contributed by atoms with E-state index in [1.165, 1.54) is 6.07 Å². The minimum Gasteiger partial charge on any atom is -0.314 e. The van der Waals surface area contributed by atoms with Gasteiger partial charge in [-0.3, -0.25) is 19.7 Å². The number of nitrogens with zero attached hydrogens (tertiary/aromatic N) is 1. The standard InChI is InChI=1S/C14H12N2O4/c1-2-12(17)14(18)15-11-8-7-9-5-3-4-6-10(9)13(11)16(19)20/h3-8H,2H2,1H3,(H,15,18). The van der Waals surface area contributed by atoms with E-state index in [0.717, 1.165) is 0 Å². The molecule has 0 fully saturated rings. The van der Waals surface area contributed by atoms with Gasteiger partial charge in [-0.25, -0.2) is 0 Å². The van der Waals surface area contributed by atoms with Crippen LogP contribution < -0.4 is 5.32 Å². The zero-order valence-corrected chi connectivity index (χ0v) is 10.8. The van der Waals surface area contributed by atoms with Gasteiger partial charge >= 0.3 is 5.69 Å². The van der Waals surface area contributed by atoms with Gasteiger partial charge in [-0.15, -0.1) is 0 Å². The van der Waals surface area contributed by atoms with Crippen molar-refractivity contribution in [3.05, 3.63) is 46.5 Å². The molecule has 0 aromatic heterocycles. The lowest BCUT2D eigenvalue weighted by atomic mass is 10.1. The molecule has 2 aromatic carbocycles. The maximum absolute atomic E-state index is 11.6. The first-order chi connectivity index (χ1) is 9.54. The third kappa shape index (κ3) is 2.49. The van der Waals surface area contributed by atoms with Crippen molar-refractivity contribution < 1.29 is 14.5 Å². The second-order valence-corrected chi connectivity index (χ2v) is 4.17. The Balaban J connectivity index is 2.53. The van der Waals surface area contributed by atoms with E-state index in [0.29, 0.717) is 10.8 Å². The molecular formula is C14H12N2O4. The van der Waals surface area contributed by atoms with Crippen LogP contribution in [-0.4, -0.2) is 16.6 Å². The molecule has 0 radical (unpaired) electrons. The first-order valence-corrected chi connectivity index (χ1v) is 6.05. The monoisotopic (exact) mass is 272 g/mol. The van der Waals surface area contributed by atoms with Crippen molar-refractivity contribution in [2.24, 2.45) is 0 Å². The molecule has 1 N–H and O–H groups in total. The summed E-state index contributed by atoms with van der Waals surface area (Å²) in [5, 5.41) is 14.6. The van der Waals surface area contributed by atoms with Gasteiger partial charge in [0.15, 0.2) is 0 Å². The number of carbonyl (C=O) groups excluding carboxylic acids is 2. The lowest BCUT2D eigenvalue weighted by Crippen LogP contribution is -2.22. The highest BCUT2D eigenvalue weighted by Crippen LogP contribution is 2.33. The normalized spacial score (nSPS) is 10.2. The first-order valence-electron chi connectivity index (χ1n) is 6.05. The lowest BCUT2D eigenvalue weighted by molar-refractivity contribution is -0.382. The van der Waals surface area contributed by atoms with Gasteiger partial charge in [0.05, 0.1) is 10.3 Å². The highest BCUT2D eigenvalue weighted by Gasteiger charge is 2.21. The van der Waals surface area contributed by atoms with E-state index >= 15 is 0 Å². The number of hydrogen-bond acceptors (Lipinski definition) is 4. The van der Waals surface area contributed by atoms with Gasteiger partial charge in [0.25, 0.3) is 5.91 Å². The predicted molar refractivity (Wildman–Crippen MR) is 74.5 cm³/mol. The van der Waals surface area contributed by atoms with Crippen LogP contribution in [0.3, 0.4) is 0 Å². The van der Waals surface area contributed by atoms with Crippen LogP contribution in [0.15, 0.2) is 36.4 Å².